The van der Waals surface area contributed by atoms with Gasteiger partial charge in [0.2, 0.25) is 10.0 Å². The molecule has 0 amide bonds. The SMILES string of the molecule is Cc1[nH]nc(CCl)c1S(=O)(=O)N1CCC2CCCCC21. The average molecular weight is 318 g/mol. The van der Waals surface area contributed by atoms with E-state index in [1.54, 1.807) is 11.2 Å². The van der Waals surface area contributed by atoms with Crippen molar-refractivity contribution in [3.63, 3.8) is 0 Å². The van der Waals surface area contributed by atoms with E-state index in [2.05, 4.69) is 10.2 Å². The fourth-order valence-electron chi connectivity index (χ4n) is 3.68. The zero-order valence-electron chi connectivity index (χ0n) is 11.6. The molecule has 2 unspecified atom stereocenters. The van der Waals surface area contributed by atoms with Crippen LogP contribution in [0.5, 0.6) is 0 Å². The number of fused-ring (bicyclic) bond motifs is 1. The highest BCUT2D eigenvalue weighted by Crippen LogP contribution is 2.39. The number of aromatic nitrogens is 2. The van der Waals surface area contributed by atoms with Crippen LogP contribution in [-0.4, -0.2) is 35.5 Å². The van der Waals surface area contributed by atoms with Crippen LogP contribution < -0.4 is 0 Å². The van der Waals surface area contributed by atoms with Crippen LogP contribution in [0.15, 0.2) is 4.90 Å². The van der Waals surface area contributed by atoms with Crippen LogP contribution in [0.1, 0.15) is 43.5 Å². The highest BCUT2D eigenvalue weighted by atomic mass is 35.5. The lowest BCUT2D eigenvalue weighted by Gasteiger charge is -2.31. The normalized spacial score (nSPS) is 27.7. The van der Waals surface area contributed by atoms with Crippen molar-refractivity contribution < 1.29 is 8.42 Å². The van der Waals surface area contributed by atoms with Crippen LogP contribution >= 0.6 is 11.6 Å². The van der Waals surface area contributed by atoms with E-state index >= 15 is 0 Å². The lowest BCUT2D eigenvalue weighted by atomic mass is 9.86. The molecule has 1 saturated carbocycles. The van der Waals surface area contributed by atoms with Gasteiger partial charge in [0.25, 0.3) is 0 Å². The Bertz CT molecular complexity index is 599. The molecule has 1 aromatic rings. The lowest BCUT2D eigenvalue weighted by Crippen LogP contribution is -2.39. The number of hydrogen-bond acceptors (Lipinski definition) is 3. The number of halogens is 1. The van der Waals surface area contributed by atoms with Crippen molar-refractivity contribution in [3.8, 4) is 0 Å². The van der Waals surface area contributed by atoms with E-state index in [0.29, 0.717) is 28.7 Å². The maximum atomic E-state index is 13.0. The Balaban J connectivity index is 1.98. The first kappa shape index (κ1) is 14.4. The van der Waals surface area contributed by atoms with Gasteiger partial charge in [-0.2, -0.15) is 9.40 Å². The summed E-state index contributed by atoms with van der Waals surface area (Å²) in [6.45, 7) is 2.37. The molecule has 20 heavy (non-hydrogen) atoms. The van der Waals surface area contributed by atoms with Crippen molar-refractivity contribution in [3.05, 3.63) is 11.4 Å². The van der Waals surface area contributed by atoms with Gasteiger partial charge in [0.1, 0.15) is 4.90 Å². The molecule has 3 rings (SSSR count). The number of sulfonamides is 1. The van der Waals surface area contributed by atoms with Gasteiger partial charge in [-0.25, -0.2) is 8.42 Å². The van der Waals surface area contributed by atoms with Crippen molar-refractivity contribution in [2.75, 3.05) is 6.54 Å². The zero-order valence-corrected chi connectivity index (χ0v) is 13.2. The molecule has 5 nitrogen and oxygen atoms in total. The summed E-state index contributed by atoms with van der Waals surface area (Å²) in [6, 6.07) is 0.172. The predicted octanol–water partition coefficient (Wildman–Crippen LogP) is 2.41. The Kier molecular flexibility index (Phi) is 3.81. The van der Waals surface area contributed by atoms with Gasteiger partial charge in [-0.3, -0.25) is 5.10 Å². The fourth-order valence-corrected chi connectivity index (χ4v) is 6.02. The first-order chi connectivity index (χ1) is 9.55. The Morgan fingerprint density at radius 3 is 2.85 bits per heavy atom. The second-order valence-electron chi connectivity index (χ2n) is 5.77. The smallest absolute Gasteiger partial charge is 0.247 e. The van der Waals surface area contributed by atoms with Gasteiger partial charge in [0.05, 0.1) is 17.3 Å². The molecule has 112 valence electrons. The van der Waals surface area contributed by atoms with Gasteiger partial charge in [-0.1, -0.05) is 12.8 Å². The molecular weight excluding hydrogens is 298 g/mol. The number of rotatable bonds is 3. The van der Waals surface area contributed by atoms with Gasteiger partial charge in [-0.15, -0.1) is 11.6 Å². The van der Waals surface area contributed by atoms with E-state index in [1.807, 2.05) is 0 Å². The van der Waals surface area contributed by atoms with Gasteiger partial charge < -0.3 is 0 Å². The Morgan fingerprint density at radius 1 is 1.35 bits per heavy atom. The molecule has 0 aromatic carbocycles. The summed E-state index contributed by atoms with van der Waals surface area (Å²) in [5.41, 5.74) is 1.02. The molecular formula is C13H20ClN3O2S. The van der Waals surface area contributed by atoms with Crippen LogP contribution in [0, 0.1) is 12.8 Å². The number of H-pyrrole nitrogens is 1. The first-order valence-electron chi connectivity index (χ1n) is 7.17. The maximum absolute atomic E-state index is 13.0. The van der Waals surface area contributed by atoms with Crippen LogP contribution in [0.3, 0.4) is 0 Å². The summed E-state index contributed by atoms with van der Waals surface area (Å²) in [5.74, 6) is 0.645. The summed E-state index contributed by atoms with van der Waals surface area (Å²) in [7, 11) is -3.48. The standard InChI is InChI=1S/C13H20ClN3O2S/c1-9-13(11(8-14)16-15-9)20(18,19)17-7-6-10-4-2-3-5-12(10)17/h10,12H,2-8H2,1H3,(H,15,16). The minimum atomic E-state index is -3.48. The molecule has 7 heteroatoms. The Morgan fingerprint density at radius 2 is 2.10 bits per heavy atom. The lowest BCUT2D eigenvalue weighted by molar-refractivity contribution is 0.260. The fraction of sp³-hybridized carbons (Fsp3) is 0.769. The molecule has 0 spiro atoms. The molecule has 2 aliphatic rings. The number of aromatic amines is 1. The van der Waals surface area contributed by atoms with Crippen LogP contribution in [0.4, 0.5) is 0 Å². The summed E-state index contributed by atoms with van der Waals surface area (Å²) in [5, 5.41) is 6.76. The third-order valence-corrected chi connectivity index (χ3v) is 7.00. The highest BCUT2D eigenvalue weighted by Gasteiger charge is 2.43. The van der Waals surface area contributed by atoms with Crippen molar-refractivity contribution in [2.45, 2.75) is 55.8 Å². The number of nitrogens with zero attached hydrogens (tertiary/aromatic N) is 2. The Hall–Kier alpha value is -0.590. The minimum Gasteiger partial charge on any atom is -0.281 e. The number of alkyl halides is 1. The van der Waals surface area contributed by atoms with Crippen LogP contribution in [-0.2, 0) is 15.9 Å². The maximum Gasteiger partial charge on any atom is 0.247 e. The molecule has 2 atom stereocenters. The second kappa shape index (κ2) is 5.31. The molecule has 0 bridgehead atoms. The summed E-state index contributed by atoms with van der Waals surface area (Å²) < 4.78 is 27.6. The van der Waals surface area contributed by atoms with Crippen molar-refractivity contribution in [1.29, 1.82) is 0 Å². The van der Waals surface area contributed by atoms with E-state index in [0.717, 1.165) is 25.7 Å². The van der Waals surface area contributed by atoms with E-state index in [9.17, 15) is 8.42 Å². The molecule has 2 fully saturated rings. The minimum absolute atomic E-state index is 0.112. The van der Waals surface area contributed by atoms with Crippen molar-refractivity contribution >= 4 is 21.6 Å². The van der Waals surface area contributed by atoms with Gasteiger partial charge in [0.15, 0.2) is 0 Å². The second-order valence-corrected chi connectivity index (χ2v) is 7.87. The quantitative estimate of drug-likeness (QED) is 0.871. The van der Waals surface area contributed by atoms with E-state index in [1.165, 1.54) is 6.42 Å². The monoisotopic (exact) mass is 317 g/mol. The van der Waals surface area contributed by atoms with Gasteiger partial charge >= 0.3 is 0 Å². The van der Waals surface area contributed by atoms with E-state index in [4.69, 9.17) is 11.6 Å². The van der Waals surface area contributed by atoms with Crippen molar-refractivity contribution in [1.82, 2.24) is 14.5 Å². The molecule has 0 radical (unpaired) electrons. The largest absolute Gasteiger partial charge is 0.281 e. The molecule has 1 aromatic heterocycles. The van der Waals surface area contributed by atoms with Gasteiger partial charge in [0, 0.05) is 12.6 Å². The summed E-state index contributed by atoms with van der Waals surface area (Å²) in [4.78, 5) is 0.290. The topological polar surface area (TPSA) is 66.1 Å². The molecule has 1 saturated heterocycles. The molecule has 2 heterocycles. The third-order valence-electron chi connectivity index (χ3n) is 4.61. The van der Waals surface area contributed by atoms with Crippen molar-refractivity contribution in [2.24, 2.45) is 5.92 Å². The predicted molar refractivity (Wildman–Crippen MR) is 77.1 cm³/mol. The number of nitrogens with one attached hydrogen (secondary N) is 1. The summed E-state index contributed by atoms with van der Waals surface area (Å²) in [6.07, 6.45) is 5.48. The Labute approximate surface area is 124 Å². The summed E-state index contributed by atoms with van der Waals surface area (Å²) >= 11 is 5.83. The van der Waals surface area contributed by atoms with Crippen LogP contribution in [0.2, 0.25) is 0 Å². The molecule has 1 N–H and O–H groups in total. The van der Waals surface area contributed by atoms with E-state index < -0.39 is 10.0 Å². The van der Waals surface area contributed by atoms with Crippen LogP contribution in [0.25, 0.3) is 0 Å². The molecule has 1 aliphatic carbocycles. The first-order valence-corrected chi connectivity index (χ1v) is 9.15. The molecule has 1 aliphatic heterocycles. The third kappa shape index (κ3) is 2.18. The van der Waals surface area contributed by atoms with Gasteiger partial charge in [-0.05, 0) is 32.1 Å². The highest BCUT2D eigenvalue weighted by molar-refractivity contribution is 7.89. The number of aryl methyl sites for hydroxylation is 1. The average Bonchev–Trinajstić information content (AvgIpc) is 3.02. The van der Waals surface area contributed by atoms with E-state index in [-0.39, 0.29) is 11.9 Å². The zero-order chi connectivity index (χ0) is 14.3. The number of hydrogen-bond donors (Lipinski definition) is 1.